The summed E-state index contributed by atoms with van der Waals surface area (Å²) in [6.07, 6.45) is 7.21. The Morgan fingerprint density at radius 3 is 2.56 bits per heavy atom. The molecule has 1 aliphatic heterocycles. The lowest BCUT2D eigenvalue weighted by molar-refractivity contribution is -0.135. The third kappa shape index (κ3) is 4.15. The van der Waals surface area contributed by atoms with Crippen LogP contribution in [0, 0.1) is 5.92 Å². The van der Waals surface area contributed by atoms with Gasteiger partial charge < -0.3 is 10.6 Å². The van der Waals surface area contributed by atoms with Gasteiger partial charge in [0.1, 0.15) is 12.1 Å². The first-order valence-electron chi connectivity index (χ1n) is 10.0. The Morgan fingerprint density at radius 2 is 1.89 bits per heavy atom. The van der Waals surface area contributed by atoms with Crippen LogP contribution in [0.2, 0.25) is 0 Å². The van der Waals surface area contributed by atoms with E-state index in [1.54, 1.807) is 0 Å². The van der Waals surface area contributed by atoms with Crippen molar-refractivity contribution in [3.05, 3.63) is 35.9 Å². The van der Waals surface area contributed by atoms with Crippen molar-refractivity contribution in [1.29, 1.82) is 0 Å². The van der Waals surface area contributed by atoms with Crippen LogP contribution in [0.25, 0.3) is 0 Å². The fraction of sp³-hybridized carbons (Fsp3) is 0.571. The fourth-order valence-electron chi connectivity index (χ4n) is 4.23. The molecule has 0 spiro atoms. The Hall–Kier alpha value is -2.37. The molecule has 1 aromatic carbocycles. The summed E-state index contributed by atoms with van der Waals surface area (Å²) in [7, 11) is 0. The minimum atomic E-state index is -1.07. The summed E-state index contributed by atoms with van der Waals surface area (Å²) in [5, 5.41) is 5.76. The molecule has 27 heavy (non-hydrogen) atoms. The number of imide groups is 1. The number of carbonyl (C=O) groups excluding carboxylic acids is 3. The van der Waals surface area contributed by atoms with Crippen LogP contribution in [0.5, 0.6) is 0 Å². The van der Waals surface area contributed by atoms with Crippen LogP contribution in [-0.4, -0.2) is 35.8 Å². The molecule has 0 aromatic heterocycles. The summed E-state index contributed by atoms with van der Waals surface area (Å²) in [6, 6.07) is 8.78. The molecule has 2 N–H and O–H groups in total. The van der Waals surface area contributed by atoms with E-state index in [1.807, 2.05) is 37.3 Å². The molecular formula is C21H29N3O3. The first-order chi connectivity index (χ1) is 13.1. The maximum absolute atomic E-state index is 13.1. The van der Waals surface area contributed by atoms with E-state index < -0.39 is 11.6 Å². The number of nitrogens with zero attached hydrogens (tertiary/aromatic N) is 1. The zero-order valence-corrected chi connectivity index (χ0v) is 16.0. The van der Waals surface area contributed by atoms with E-state index in [0.717, 1.165) is 29.7 Å². The second-order valence-corrected chi connectivity index (χ2v) is 7.65. The normalized spacial score (nSPS) is 23.4. The lowest BCUT2D eigenvalue weighted by Crippen LogP contribution is -2.45. The molecule has 2 fully saturated rings. The first kappa shape index (κ1) is 19.4. The van der Waals surface area contributed by atoms with Gasteiger partial charge in [-0.15, -0.1) is 0 Å². The molecule has 1 heterocycles. The van der Waals surface area contributed by atoms with Gasteiger partial charge in [0.25, 0.3) is 5.91 Å². The zero-order chi connectivity index (χ0) is 19.3. The van der Waals surface area contributed by atoms with Crippen molar-refractivity contribution >= 4 is 17.8 Å². The first-order valence-corrected chi connectivity index (χ1v) is 10.0. The summed E-state index contributed by atoms with van der Waals surface area (Å²) in [5.41, 5.74) is -0.313. The van der Waals surface area contributed by atoms with Crippen molar-refractivity contribution in [3.63, 3.8) is 0 Å². The SMILES string of the molecule is CCC[C@]1(c2ccccc2)NC(=O)N(CC(=O)NCC2CCCCC2)C1=O. The summed E-state index contributed by atoms with van der Waals surface area (Å²) >= 11 is 0. The van der Waals surface area contributed by atoms with E-state index in [2.05, 4.69) is 10.6 Å². The molecule has 6 nitrogen and oxygen atoms in total. The highest BCUT2D eigenvalue weighted by Gasteiger charge is 2.52. The molecule has 3 rings (SSSR count). The van der Waals surface area contributed by atoms with Gasteiger partial charge in [-0.1, -0.05) is 62.9 Å². The molecular weight excluding hydrogens is 342 g/mol. The van der Waals surface area contributed by atoms with E-state index in [0.29, 0.717) is 18.9 Å². The Balaban J connectivity index is 1.66. The highest BCUT2D eigenvalue weighted by atomic mass is 16.2. The third-order valence-electron chi connectivity index (χ3n) is 5.68. The van der Waals surface area contributed by atoms with Crippen molar-refractivity contribution in [2.45, 2.75) is 57.4 Å². The molecule has 1 aliphatic carbocycles. The number of urea groups is 1. The van der Waals surface area contributed by atoms with Crippen LogP contribution in [0.15, 0.2) is 30.3 Å². The molecule has 0 unspecified atom stereocenters. The molecule has 0 radical (unpaired) electrons. The molecule has 1 saturated carbocycles. The summed E-state index contributed by atoms with van der Waals surface area (Å²) in [4.78, 5) is 39.0. The van der Waals surface area contributed by atoms with Gasteiger partial charge >= 0.3 is 6.03 Å². The summed E-state index contributed by atoms with van der Waals surface area (Å²) in [5.74, 6) is -0.105. The number of hydrogen-bond donors (Lipinski definition) is 2. The maximum Gasteiger partial charge on any atom is 0.325 e. The molecule has 0 bridgehead atoms. The van der Waals surface area contributed by atoms with Gasteiger partial charge in [-0.3, -0.25) is 14.5 Å². The monoisotopic (exact) mass is 371 g/mol. The van der Waals surface area contributed by atoms with E-state index in [-0.39, 0.29) is 18.4 Å². The average Bonchev–Trinajstić information content (AvgIpc) is 2.93. The van der Waals surface area contributed by atoms with E-state index in [4.69, 9.17) is 0 Å². The van der Waals surface area contributed by atoms with Gasteiger partial charge in [0.2, 0.25) is 5.91 Å². The lowest BCUT2D eigenvalue weighted by Gasteiger charge is -2.27. The van der Waals surface area contributed by atoms with Crippen LogP contribution < -0.4 is 10.6 Å². The minimum absolute atomic E-state index is 0.227. The van der Waals surface area contributed by atoms with Crippen molar-refractivity contribution in [1.82, 2.24) is 15.5 Å². The van der Waals surface area contributed by atoms with E-state index >= 15 is 0 Å². The van der Waals surface area contributed by atoms with Gasteiger partial charge in [0.05, 0.1) is 0 Å². The van der Waals surface area contributed by atoms with Gasteiger partial charge in [-0.25, -0.2) is 4.79 Å². The van der Waals surface area contributed by atoms with E-state index in [1.165, 1.54) is 19.3 Å². The predicted molar refractivity (Wildman–Crippen MR) is 103 cm³/mol. The van der Waals surface area contributed by atoms with Crippen molar-refractivity contribution in [2.24, 2.45) is 5.92 Å². The van der Waals surface area contributed by atoms with Gasteiger partial charge in [-0.05, 0) is 30.7 Å². The molecule has 2 aliphatic rings. The second-order valence-electron chi connectivity index (χ2n) is 7.65. The number of hydrogen-bond acceptors (Lipinski definition) is 3. The molecule has 4 amide bonds. The van der Waals surface area contributed by atoms with Crippen LogP contribution >= 0.6 is 0 Å². The molecule has 6 heteroatoms. The maximum atomic E-state index is 13.1. The van der Waals surface area contributed by atoms with Crippen LogP contribution in [0.1, 0.15) is 57.4 Å². The number of nitrogens with one attached hydrogen (secondary N) is 2. The van der Waals surface area contributed by atoms with Crippen LogP contribution in [0.4, 0.5) is 4.79 Å². The Kier molecular flexibility index (Phi) is 6.14. The Morgan fingerprint density at radius 1 is 1.19 bits per heavy atom. The quantitative estimate of drug-likeness (QED) is 0.724. The van der Waals surface area contributed by atoms with E-state index in [9.17, 15) is 14.4 Å². The van der Waals surface area contributed by atoms with Gasteiger partial charge in [0.15, 0.2) is 0 Å². The van der Waals surface area contributed by atoms with Crippen molar-refractivity contribution in [3.8, 4) is 0 Å². The minimum Gasteiger partial charge on any atom is -0.354 e. The number of amides is 4. The molecule has 1 saturated heterocycles. The van der Waals surface area contributed by atoms with Gasteiger partial charge in [-0.2, -0.15) is 0 Å². The van der Waals surface area contributed by atoms with Crippen molar-refractivity contribution in [2.75, 3.05) is 13.1 Å². The van der Waals surface area contributed by atoms with Crippen molar-refractivity contribution < 1.29 is 14.4 Å². The molecule has 1 atom stereocenters. The predicted octanol–water partition coefficient (Wildman–Crippen LogP) is 2.93. The number of rotatable bonds is 7. The topological polar surface area (TPSA) is 78.5 Å². The third-order valence-corrected chi connectivity index (χ3v) is 5.68. The smallest absolute Gasteiger partial charge is 0.325 e. The second kappa shape index (κ2) is 8.55. The Bertz CT molecular complexity index is 685. The highest BCUT2D eigenvalue weighted by molar-refractivity contribution is 6.09. The standard InChI is InChI=1S/C21H29N3O3/c1-2-13-21(17-11-7-4-8-12-17)19(26)24(20(27)23-21)15-18(25)22-14-16-9-5-3-6-10-16/h4,7-8,11-12,16H,2-3,5-6,9-10,13-15H2,1H3,(H,22,25)(H,23,27)/t21-/m1/s1. The average molecular weight is 371 g/mol. The van der Waals surface area contributed by atoms with Crippen LogP contribution in [-0.2, 0) is 15.1 Å². The highest BCUT2D eigenvalue weighted by Crippen LogP contribution is 2.33. The number of benzene rings is 1. The molecule has 146 valence electrons. The van der Waals surface area contributed by atoms with Crippen LogP contribution in [0.3, 0.4) is 0 Å². The summed E-state index contributed by atoms with van der Waals surface area (Å²) in [6.45, 7) is 2.38. The van der Waals surface area contributed by atoms with Gasteiger partial charge in [0, 0.05) is 6.54 Å². The molecule has 1 aromatic rings. The fourth-order valence-corrected chi connectivity index (χ4v) is 4.23. The largest absolute Gasteiger partial charge is 0.354 e. The number of carbonyl (C=O) groups is 3. The zero-order valence-electron chi connectivity index (χ0n) is 16.0. The summed E-state index contributed by atoms with van der Waals surface area (Å²) < 4.78 is 0. The Labute approximate surface area is 160 Å². The lowest BCUT2D eigenvalue weighted by atomic mass is 9.85.